The zero-order chi connectivity index (χ0) is 23.6. The van der Waals surface area contributed by atoms with Crippen molar-refractivity contribution in [3.8, 4) is 5.75 Å². The Morgan fingerprint density at radius 2 is 1.42 bits per heavy atom. The number of hydrogen-bond acceptors (Lipinski definition) is 3. The highest BCUT2D eigenvalue weighted by Gasteiger charge is 2.69. The molecule has 0 spiro atoms. The van der Waals surface area contributed by atoms with Gasteiger partial charge in [-0.3, -0.25) is 4.79 Å². The highest BCUT2D eigenvalue weighted by atomic mass is 35.5. The quantitative estimate of drug-likeness (QED) is 0.124. The molecule has 31 heavy (non-hydrogen) atoms. The number of fused-ring (bicyclic) bond motifs is 1. The summed E-state index contributed by atoms with van der Waals surface area (Å²) in [5.74, 6) is -0.886. The summed E-state index contributed by atoms with van der Waals surface area (Å²) in [5.41, 5.74) is -0.613. The topological polar surface area (TPSA) is 35.5 Å². The minimum absolute atomic E-state index is 0.00360. The van der Waals surface area contributed by atoms with Crippen molar-refractivity contribution in [1.29, 1.82) is 0 Å². The standard InChI is InChI=1S/C22H29Cl5O3Si/c1-20(2,3)31(5,6)30-22-10-8-7-9-21(22,4)11-12(22)19(28)29-18-16(26)14(24)13(23)15(25)17(18)27/h12H,7-11H2,1-6H3/t12-,21-,22-/m0/s1. The molecular weight excluding hydrogens is 518 g/mol. The summed E-state index contributed by atoms with van der Waals surface area (Å²) >= 11 is 30.9. The second-order valence-corrected chi connectivity index (χ2v) is 17.2. The Morgan fingerprint density at radius 3 is 1.90 bits per heavy atom. The average molecular weight is 547 g/mol. The lowest BCUT2D eigenvalue weighted by Gasteiger charge is -2.66. The number of hydrogen-bond donors (Lipinski definition) is 0. The molecule has 3 atom stereocenters. The molecule has 0 unspecified atom stereocenters. The van der Waals surface area contributed by atoms with E-state index in [1.807, 2.05) is 0 Å². The summed E-state index contributed by atoms with van der Waals surface area (Å²) in [6.07, 6.45) is 4.73. The Kier molecular flexibility index (Phi) is 7.12. The lowest BCUT2D eigenvalue weighted by atomic mass is 9.46. The van der Waals surface area contributed by atoms with Crippen LogP contribution in [-0.2, 0) is 9.22 Å². The molecule has 3 nitrogen and oxygen atoms in total. The maximum atomic E-state index is 13.4. The molecule has 0 bridgehead atoms. The lowest BCUT2D eigenvalue weighted by Crippen LogP contribution is -2.71. The maximum Gasteiger partial charge on any atom is 0.317 e. The summed E-state index contributed by atoms with van der Waals surface area (Å²) in [6, 6.07) is 0. The van der Waals surface area contributed by atoms with Crippen LogP contribution in [0.2, 0.25) is 43.2 Å². The van der Waals surface area contributed by atoms with E-state index in [2.05, 4.69) is 40.8 Å². The Hall–Kier alpha value is 0.317. The molecule has 0 heterocycles. The van der Waals surface area contributed by atoms with Crippen molar-refractivity contribution in [2.45, 2.75) is 83.5 Å². The molecule has 9 heteroatoms. The fraction of sp³-hybridized carbons (Fsp3) is 0.682. The van der Waals surface area contributed by atoms with Crippen molar-refractivity contribution in [3.63, 3.8) is 0 Å². The van der Waals surface area contributed by atoms with E-state index in [1.54, 1.807) is 0 Å². The van der Waals surface area contributed by atoms with E-state index in [9.17, 15) is 4.79 Å². The Balaban J connectivity index is 1.97. The molecule has 0 aromatic heterocycles. The monoisotopic (exact) mass is 544 g/mol. The molecule has 2 aliphatic carbocycles. The van der Waals surface area contributed by atoms with Gasteiger partial charge in [0.2, 0.25) is 0 Å². The van der Waals surface area contributed by atoms with Gasteiger partial charge in [0.25, 0.3) is 0 Å². The van der Waals surface area contributed by atoms with E-state index in [1.165, 1.54) is 0 Å². The highest BCUT2D eigenvalue weighted by Crippen LogP contribution is 2.65. The van der Waals surface area contributed by atoms with Crippen LogP contribution >= 0.6 is 58.0 Å². The normalized spacial score (nSPS) is 28.7. The van der Waals surface area contributed by atoms with Gasteiger partial charge in [-0.25, -0.2) is 0 Å². The van der Waals surface area contributed by atoms with Crippen LogP contribution in [0.1, 0.15) is 59.8 Å². The van der Waals surface area contributed by atoms with Crippen LogP contribution in [0.15, 0.2) is 0 Å². The third-order valence-electron chi connectivity index (χ3n) is 7.67. The van der Waals surface area contributed by atoms with Crippen molar-refractivity contribution in [3.05, 3.63) is 25.1 Å². The summed E-state index contributed by atoms with van der Waals surface area (Å²) in [6.45, 7) is 13.3. The second kappa shape index (κ2) is 8.52. The first-order valence-electron chi connectivity index (χ1n) is 10.5. The molecule has 0 amide bonds. The van der Waals surface area contributed by atoms with Gasteiger partial charge >= 0.3 is 5.97 Å². The van der Waals surface area contributed by atoms with Gasteiger partial charge in [-0.05, 0) is 42.8 Å². The lowest BCUT2D eigenvalue weighted by molar-refractivity contribution is -0.225. The van der Waals surface area contributed by atoms with E-state index in [-0.39, 0.29) is 41.3 Å². The highest BCUT2D eigenvalue weighted by molar-refractivity contribution is 6.74. The van der Waals surface area contributed by atoms with Crippen molar-refractivity contribution in [1.82, 2.24) is 0 Å². The van der Waals surface area contributed by atoms with E-state index >= 15 is 0 Å². The van der Waals surface area contributed by atoms with Gasteiger partial charge in [-0.15, -0.1) is 0 Å². The molecule has 0 aliphatic heterocycles. The fourth-order valence-electron chi connectivity index (χ4n) is 4.74. The average Bonchev–Trinajstić information content (AvgIpc) is 2.66. The largest absolute Gasteiger partial charge is 0.423 e. The summed E-state index contributed by atoms with van der Waals surface area (Å²) in [5, 5.41) is -0.000258. The van der Waals surface area contributed by atoms with Crippen LogP contribution in [0.5, 0.6) is 5.75 Å². The summed E-state index contributed by atoms with van der Waals surface area (Å²) in [7, 11) is -2.15. The van der Waals surface area contributed by atoms with Crippen molar-refractivity contribution in [2.75, 3.05) is 0 Å². The number of esters is 1. The van der Waals surface area contributed by atoms with E-state index in [4.69, 9.17) is 67.2 Å². The van der Waals surface area contributed by atoms with E-state index in [0.717, 1.165) is 25.7 Å². The number of benzene rings is 1. The first-order chi connectivity index (χ1) is 14.1. The molecule has 0 N–H and O–H groups in total. The molecule has 2 saturated carbocycles. The molecule has 1 aromatic rings. The Bertz CT molecular complexity index is 884. The summed E-state index contributed by atoms with van der Waals surface area (Å²) < 4.78 is 12.8. The molecule has 1 aromatic carbocycles. The molecule has 174 valence electrons. The van der Waals surface area contributed by atoms with Gasteiger partial charge in [-0.1, -0.05) is 98.5 Å². The van der Waals surface area contributed by atoms with Gasteiger partial charge < -0.3 is 9.16 Å². The van der Waals surface area contributed by atoms with Crippen molar-refractivity contribution >= 4 is 72.3 Å². The first kappa shape index (κ1) is 25.9. The van der Waals surface area contributed by atoms with E-state index < -0.39 is 25.8 Å². The number of ether oxygens (including phenoxy) is 1. The third kappa shape index (κ3) is 4.17. The van der Waals surface area contributed by atoms with Crippen LogP contribution in [-0.4, -0.2) is 19.9 Å². The summed E-state index contributed by atoms with van der Waals surface area (Å²) in [4.78, 5) is 13.4. The predicted octanol–water partition coefficient (Wildman–Crippen LogP) is 9.22. The van der Waals surface area contributed by atoms with Gasteiger partial charge in [0.1, 0.15) is 10.0 Å². The van der Waals surface area contributed by atoms with Crippen LogP contribution in [0.25, 0.3) is 0 Å². The third-order valence-corrected chi connectivity index (χ3v) is 14.4. The number of rotatable bonds is 4. The number of carbonyl (C=O) groups is 1. The molecule has 2 fully saturated rings. The Labute approximate surface area is 211 Å². The van der Waals surface area contributed by atoms with E-state index in [0.29, 0.717) is 6.42 Å². The van der Waals surface area contributed by atoms with Crippen LogP contribution < -0.4 is 4.74 Å². The SMILES string of the molecule is CC(C)(C)[Si](C)(C)O[C@]12CCCC[C@@]1(C)C[C@H]2C(=O)Oc1c(Cl)c(Cl)c(Cl)c(Cl)c1Cl. The zero-order valence-electron chi connectivity index (χ0n) is 18.7. The van der Waals surface area contributed by atoms with Gasteiger partial charge in [-0.2, -0.15) is 0 Å². The predicted molar refractivity (Wildman–Crippen MR) is 133 cm³/mol. The minimum atomic E-state index is -2.15. The smallest absolute Gasteiger partial charge is 0.317 e. The molecular formula is C22H29Cl5O3Si. The Morgan fingerprint density at radius 1 is 0.935 bits per heavy atom. The maximum absolute atomic E-state index is 13.4. The molecule has 0 saturated heterocycles. The molecule has 3 rings (SSSR count). The minimum Gasteiger partial charge on any atom is -0.423 e. The van der Waals surface area contributed by atoms with Gasteiger partial charge in [0.05, 0.1) is 26.6 Å². The second-order valence-electron chi connectivity index (χ2n) is 10.6. The van der Waals surface area contributed by atoms with Gasteiger partial charge in [0, 0.05) is 0 Å². The van der Waals surface area contributed by atoms with Crippen LogP contribution in [0.4, 0.5) is 0 Å². The van der Waals surface area contributed by atoms with Gasteiger partial charge in [0.15, 0.2) is 14.1 Å². The molecule has 0 radical (unpaired) electrons. The number of carbonyl (C=O) groups excluding carboxylic acids is 1. The van der Waals surface area contributed by atoms with Crippen molar-refractivity contribution < 1.29 is 14.0 Å². The zero-order valence-corrected chi connectivity index (χ0v) is 23.5. The van der Waals surface area contributed by atoms with Crippen LogP contribution in [0.3, 0.4) is 0 Å². The van der Waals surface area contributed by atoms with Crippen molar-refractivity contribution in [2.24, 2.45) is 11.3 Å². The fourth-order valence-corrected chi connectivity index (χ4v) is 7.65. The number of halogens is 5. The first-order valence-corrected chi connectivity index (χ1v) is 15.3. The van der Waals surface area contributed by atoms with Crippen LogP contribution in [0, 0.1) is 11.3 Å². The molecule has 2 aliphatic rings.